The first-order valence-electron chi connectivity index (χ1n) is 6.99. The number of unbranched alkanes of at least 4 members (excludes halogenated alkanes) is 1. The van der Waals surface area contributed by atoms with Crippen molar-refractivity contribution in [3.8, 4) is 0 Å². The zero-order chi connectivity index (χ0) is 16.2. The van der Waals surface area contributed by atoms with E-state index in [1.54, 1.807) is 12.1 Å². The third-order valence-corrected chi connectivity index (χ3v) is 5.26. The lowest BCUT2D eigenvalue weighted by molar-refractivity contribution is 0.601. The van der Waals surface area contributed by atoms with Gasteiger partial charge in [0.2, 0.25) is 0 Å². The van der Waals surface area contributed by atoms with Crippen LogP contribution in [0.2, 0.25) is 0 Å². The van der Waals surface area contributed by atoms with Gasteiger partial charge in [0.25, 0.3) is 10.0 Å². The van der Waals surface area contributed by atoms with E-state index in [1.807, 2.05) is 12.1 Å². The van der Waals surface area contributed by atoms with Crippen molar-refractivity contribution in [1.29, 1.82) is 0 Å². The van der Waals surface area contributed by atoms with Crippen molar-refractivity contribution in [2.75, 3.05) is 4.72 Å². The molecule has 22 heavy (non-hydrogen) atoms. The maximum Gasteiger partial charge on any atom is 0.261 e. The highest BCUT2D eigenvalue weighted by Gasteiger charge is 2.14. The fourth-order valence-corrected chi connectivity index (χ4v) is 3.29. The summed E-state index contributed by atoms with van der Waals surface area (Å²) >= 11 is 3.03. The highest BCUT2D eigenvalue weighted by atomic mass is 79.9. The Balaban J connectivity index is 2.17. The van der Waals surface area contributed by atoms with Crippen molar-refractivity contribution in [3.05, 3.63) is 58.3 Å². The number of anilines is 1. The lowest BCUT2D eigenvalue weighted by Crippen LogP contribution is -2.13. The predicted octanol–water partition coefficient (Wildman–Crippen LogP) is 4.73. The Morgan fingerprint density at radius 3 is 2.41 bits per heavy atom. The van der Waals surface area contributed by atoms with Gasteiger partial charge in [0.15, 0.2) is 0 Å². The van der Waals surface area contributed by atoms with E-state index in [2.05, 4.69) is 27.6 Å². The number of halogens is 2. The van der Waals surface area contributed by atoms with Crippen molar-refractivity contribution >= 4 is 31.6 Å². The molecule has 0 unspecified atom stereocenters. The van der Waals surface area contributed by atoms with Gasteiger partial charge in [-0.05, 0) is 64.7 Å². The van der Waals surface area contributed by atoms with Gasteiger partial charge >= 0.3 is 0 Å². The topological polar surface area (TPSA) is 46.2 Å². The lowest BCUT2D eigenvalue weighted by atomic mass is 10.1. The molecule has 0 aliphatic heterocycles. The molecule has 0 aliphatic carbocycles. The molecule has 0 amide bonds. The van der Waals surface area contributed by atoms with E-state index in [0.717, 1.165) is 30.9 Å². The van der Waals surface area contributed by atoms with Gasteiger partial charge in [-0.3, -0.25) is 4.72 Å². The molecule has 0 bridgehead atoms. The van der Waals surface area contributed by atoms with Crippen LogP contribution in [-0.4, -0.2) is 8.42 Å². The summed E-state index contributed by atoms with van der Waals surface area (Å²) in [6.45, 7) is 2.11. The second kappa shape index (κ2) is 7.24. The van der Waals surface area contributed by atoms with Gasteiger partial charge in [0.1, 0.15) is 5.82 Å². The van der Waals surface area contributed by atoms with E-state index in [1.165, 1.54) is 12.1 Å². The van der Waals surface area contributed by atoms with Gasteiger partial charge < -0.3 is 0 Å². The van der Waals surface area contributed by atoms with Crippen molar-refractivity contribution in [3.63, 3.8) is 0 Å². The number of nitrogens with one attached hydrogen (secondary N) is 1. The minimum Gasteiger partial charge on any atom is -0.280 e. The Morgan fingerprint density at radius 2 is 1.82 bits per heavy atom. The molecule has 0 saturated carbocycles. The third kappa shape index (κ3) is 4.30. The fraction of sp³-hybridized carbons (Fsp3) is 0.250. The first-order chi connectivity index (χ1) is 10.4. The molecule has 0 atom stereocenters. The Labute approximate surface area is 138 Å². The SMILES string of the molecule is CCCCc1ccc(S(=O)(=O)Nc2ccc(Br)c(F)c2)cc1. The summed E-state index contributed by atoms with van der Waals surface area (Å²) in [6.07, 6.45) is 3.10. The number of hydrogen-bond acceptors (Lipinski definition) is 2. The summed E-state index contributed by atoms with van der Waals surface area (Å²) in [5.41, 5.74) is 1.30. The van der Waals surface area contributed by atoms with Crippen LogP contribution in [-0.2, 0) is 16.4 Å². The Hall–Kier alpha value is -1.40. The van der Waals surface area contributed by atoms with E-state index in [9.17, 15) is 12.8 Å². The molecule has 0 aliphatic rings. The Morgan fingerprint density at radius 1 is 1.14 bits per heavy atom. The van der Waals surface area contributed by atoms with Crippen molar-refractivity contribution < 1.29 is 12.8 Å². The molecule has 3 nitrogen and oxygen atoms in total. The number of rotatable bonds is 6. The minimum atomic E-state index is -3.71. The summed E-state index contributed by atoms with van der Waals surface area (Å²) in [5.74, 6) is -0.518. The molecule has 2 aromatic rings. The molecule has 2 aromatic carbocycles. The molecule has 0 radical (unpaired) electrons. The van der Waals surface area contributed by atoms with Crippen LogP contribution in [0.5, 0.6) is 0 Å². The van der Waals surface area contributed by atoms with Crippen molar-refractivity contribution in [2.45, 2.75) is 31.1 Å². The van der Waals surface area contributed by atoms with Crippen LogP contribution >= 0.6 is 15.9 Å². The average molecular weight is 386 g/mol. The van der Waals surface area contributed by atoms with Crippen LogP contribution in [0, 0.1) is 5.82 Å². The van der Waals surface area contributed by atoms with Crippen LogP contribution < -0.4 is 4.72 Å². The molecular formula is C16H17BrFNO2S. The molecule has 0 spiro atoms. The monoisotopic (exact) mass is 385 g/mol. The molecule has 2 rings (SSSR count). The number of aryl methyl sites for hydroxylation is 1. The molecule has 6 heteroatoms. The summed E-state index contributed by atoms with van der Waals surface area (Å²) in [7, 11) is -3.71. The normalized spacial score (nSPS) is 11.4. The van der Waals surface area contributed by atoms with Gasteiger partial charge in [0.05, 0.1) is 15.1 Å². The summed E-state index contributed by atoms with van der Waals surface area (Å²) in [5, 5.41) is 0. The van der Waals surface area contributed by atoms with Gasteiger partial charge in [-0.1, -0.05) is 25.5 Å². The third-order valence-electron chi connectivity index (χ3n) is 3.22. The molecule has 0 heterocycles. The van der Waals surface area contributed by atoms with Gasteiger partial charge in [-0.2, -0.15) is 0 Å². The van der Waals surface area contributed by atoms with E-state index < -0.39 is 15.8 Å². The average Bonchev–Trinajstić information content (AvgIpc) is 2.49. The van der Waals surface area contributed by atoms with E-state index >= 15 is 0 Å². The second-order valence-corrected chi connectivity index (χ2v) is 7.52. The Bertz CT molecular complexity index is 745. The van der Waals surface area contributed by atoms with Crippen LogP contribution in [0.3, 0.4) is 0 Å². The first-order valence-corrected chi connectivity index (χ1v) is 9.27. The quantitative estimate of drug-likeness (QED) is 0.780. The number of hydrogen-bond donors (Lipinski definition) is 1. The fourth-order valence-electron chi connectivity index (χ4n) is 1.99. The molecule has 0 saturated heterocycles. The number of sulfonamides is 1. The van der Waals surface area contributed by atoms with Crippen LogP contribution in [0.25, 0.3) is 0 Å². The maximum atomic E-state index is 13.4. The molecule has 0 fully saturated rings. The predicted molar refractivity (Wildman–Crippen MR) is 90.0 cm³/mol. The van der Waals surface area contributed by atoms with Crippen molar-refractivity contribution in [1.82, 2.24) is 0 Å². The molecule has 1 N–H and O–H groups in total. The smallest absolute Gasteiger partial charge is 0.261 e. The zero-order valence-electron chi connectivity index (χ0n) is 12.1. The summed E-state index contributed by atoms with van der Waals surface area (Å²) in [4.78, 5) is 0.163. The summed E-state index contributed by atoms with van der Waals surface area (Å²) in [6, 6.07) is 10.9. The molecule has 118 valence electrons. The van der Waals surface area contributed by atoms with Gasteiger partial charge in [-0.15, -0.1) is 0 Å². The van der Waals surface area contributed by atoms with Crippen LogP contribution in [0.4, 0.5) is 10.1 Å². The summed E-state index contributed by atoms with van der Waals surface area (Å²) < 4.78 is 40.7. The Kier molecular flexibility index (Phi) is 5.58. The molecule has 0 aromatic heterocycles. The highest BCUT2D eigenvalue weighted by Crippen LogP contribution is 2.22. The lowest BCUT2D eigenvalue weighted by Gasteiger charge is -2.09. The standard InChI is InChI=1S/C16H17BrFNO2S/c1-2-3-4-12-5-8-14(9-6-12)22(20,21)19-13-7-10-15(17)16(18)11-13/h5-11,19H,2-4H2,1H3. The zero-order valence-corrected chi connectivity index (χ0v) is 14.5. The first kappa shape index (κ1) is 17.0. The van der Waals surface area contributed by atoms with Gasteiger partial charge in [0, 0.05) is 0 Å². The molecular weight excluding hydrogens is 369 g/mol. The van der Waals surface area contributed by atoms with E-state index in [4.69, 9.17) is 0 Å². The maximum absolute atomic E-state index is 13.4. The minimum absolute atomic E-state index is 0.163. The van der Waals surface area contributed by atoms with E-state index in [-0.39, 0.29) is 15.1 Å². The number of benzene rings is 2. The van der Waals surface area contributed by atoms with Crippen LogP contribution in [0.15, 0.2) is 51.8 Å². The largest absolute Gasteiger partial charge is 0.280 e. The van der Waals surface area contributed by atoms with Crippen LogP contribution in [0.1, 0.15) is 25.3 Å². The highest BCUT2D eigenvalue weighted by molar-refractivity contribution is 9.10. The van der Waals surface area contributed by atoms with Gasteiger partial charge in [-0.25, -0.2) is 12.8 Å². The van der Waals surface area contributed by atoms with Crippen molar-refractivity contribution in [2.24, 2.45) is 0 Å². The second-order valence-electron chi connectivity index (χ2n) is 4.98. The van der Waals surface area contributed by atoms with E-state index in [0.29, 0.717) is 0 Å².